The molecule has 0 amide bonds. The van der Waals surface area contributed by atoms with Gasteiger partial charge in [0.2, 0.25) is 0 Å². The van der Waals surface area contributed by atoms with Crippen molar-refractivity contribution in [2.45, 2.75) is 12.5 Å². The zero-order chi connectivity index (χ0) is 10.6. The van der Waals surface area contributed by atoms with Gasteiger partial charge >= 0.3 is 5.97 Å². The summed E-state index contributed by atoms with van der Waals surface area (Å²) in [4.78, 5) is 10.4. The average molecular weight is 227 g/mol. The molecule has 0 aromatic heterocycles. The van der Waals surface area contributed by atoms with Crippen LogP contribution in [-0.2, 0) is 4.79 Å². The van der Waals surface area contributed by atoms with Crippen molar-refractivity contribution in [1.82, 2.24) is 0 Å². The monoisotopic (exact) mass is 226 g/mol. The van der Waals surface area contributed by atoms with Crippen molar-refractivity contribution < 1.29 is 9.90 Å². The summed E-state index contributed by atoms with van der Waals surface area (Å²) in [6.07, 6.45) is -0.130. The van der Waals surface area contributed by atoms with Crippen molar-refractivity contribution >= 4 is 18.4 Å². The molecule has 1 aromatic rings. The van der Waals surface area contributed by atoms with Crippen LogP contribution in [0.4, 0.5) is 0 Å². The van der Waals surface area contributed by atoms with Crippen molar-refractivity contribution in [1.29, 1.82) is 5.26 Å². The molecule has 0 unspecified atom stereocenters. The second-order valence-electron chi connectivity index (χ2n) is 2.94. The first-order valence-corrected chi connectivity index (χ1v) is 4.11. The van der Waals surface area contributed by atoms with Crippen molar-refractivity contribution in [3.63, 3.8) is 0 Å². The fourth-order valence-electron chi connectivity index (χ4n) is 1.14. The van der Waals surface area contributed by atoms with Crippen LogP contribution in [-0.4, -0.2) is 11.1 Å². The Balaban J connectivity index is 0.00000196. The van der Waals surface area contributed by atoms with Gasteiger partial charge in [0.05, 0.1) is 18.1 Å². The molecule has 3 N–H and O–H groups in total. The van der Waals surface area contributed by atoms with Gasteiger partial charge in [0.15, 0.2) is 0 Å². The van der Waals surface area contributed by atoms with E-state index in [1.54, 1.807) is 24.3 Å². The summed E-state index contributed by atoms with van der Waals surface area (Å²) in [5.74, 6) is -0.945. The van der Waals surface area contributed by atoms with E-state index in [-0.39, 0.29) is 18.8 Å². The molecule has 0 spiro atoms. The Morgan fingerprint density at radius 3 is 2.80 bits per heavy atom. The van der Waals surface area contributed by atoms with Crippen molar-refractivity contribution in [3.05, 3.63) is 35.4 Å². The summed E-state index contributed by atoms with van der Waals surface area (Å²) in [5, 5.41) is 17.1. The molecule has 0 heterocycles. The number of carboxylic acid groups (broad SMARTS) is 1. The van der Waals surface area contributed by atoms with Crippen LogP contribution in [0.25, 0.3) is 0 Å². The lowest BCUT2D eigenvalue weighted by molar-refractivity contribution is -0.137. The summed E-state index contributed by atoms with van der Waals surface area (Å²) >= 11 is 0. The Kier molecular flexibility index (Phi) is 5.39. The molecule has 0 saturated heterocycles. The Labute approximate surface area is 93.7 Å². The lowest BCUT2D eigenvalue weighted by Gasteiger charge is -2.08. The third-order valence-corrected chi connectivity index (χ3v) is 1.84. The highest BCUT2D eigenvalue weighted by molar-refractivity contribution is 5.85. The van der Waals surface area contributed by atoms with Gasteiger partial charge in [-0.2, -0.15) is 5.26 Å². The number of benzene rings is 1. The molecule has 0 bridgehead atoms. The second-order valence-corrected chi connectivity index (χ2v) is 2.94. The summed E-state index contributed by atoms with van der Waals surface area (Å²) in [7, 11) is 0. The van der Waals surface area contributed by atoms with E-state index in [0.29, 0.717) is 11.1 Å². The minimum Gasteiger partial charge on any atom is -0.481 e. The third-order valence-electron chi connectivity index (χ3n) is 1.84. The molecule has 0 radical (unpaired) electrons. The van der Waals surface area contributed by atoms with Gasteiger partial charge in [-0.15, -0.1) is 12.4 Å². The highest BCUT2D eigenvalue weighted by Crippen LogP contribution is 2.14. The Morgan fingerprint density at radius 2 is 2.27 bits per heavy atom. The van der Waals surface area contributed by atoms with Crippen LogP contribution < -0.4 is 5.73 Å². The smallest absolute Gasteiger partial charge is 0.305 e. The standard InChI is InChI=1S/C10H10N2O2.ClH/c11-6-7-2-1-3-8(4-7)9(12)5-10(13)14;/h1-4,9H,5,12H2,(H,13,14);1H/t9-;/m0./s1. The summed E-state index contributed by atoms with van der Waals surface area (Å²) in [6.45, 7) is 0. The largest absolute Gasteiger partial charge is 0.481 e. The number of hydrogen-bond donors (Lipinski definition) is 2. The predicted octanol–water partition coefficient (Wildman–Crippen LogP) is 1.45. The van der Waals surface area contributed by atoms with E-state index in [1.807, 2.05) is 6.07 Å². The summed E-state index contributed by atoms with van der Waals surface area (Å²) < 4.78 is 0. The van der Waals surface area contributed by atoms with Gasteiger partial charge in [-0.05, 0) is 17.7 Å². The first-order chi connectivity index (χ1) is 6.63. The van der Waals surface area contributed by atoms with Crippen molar-refractivity contribution in [2.75, 3.05) is 0 Å². The van der Waals surface area contributed by atoms with Gasteiger partial charge < -0.3 is 10.8 Å². The molecule has 0 fully saturated rings. The van der Waals surface area contributed by atoms with Crippen LogP contribution in [0.1, 0.15) is 23.6 Å². The van der Waals surface area contributed by atoms with Crippen LogP contribution in [0.3, 0.4) is 0 Å². The highest BCUT2D eigenvalue weighted by atomic mass is 35.5. The quantitative estimate of drug-likeness (QED) is 0.817. The van der Waals surface area contributed by atoms with Crippen molar-refractivity contribution in [3.8, 4) is 6.07 Å². The van der Waals surface area contributed by atoms with Gasteiger partial charge in [0.1, 0.15) is 0 Å². The molecule has 0 aliphatic carbocycles. The van der Waals surface area contributed by atoms with Crippen molar-refractivity contribution in [2.24, 2.45) is 5.73 Å². The molecule has 0 aliphatic heterocycles. The van der Waals surface area contributed by atoms with Gasteiger partial charge in [-0.25, -0.2) is 0 Å². The van der Waals surface area contributed by atoms with E-state index in [4.69, 9.17) is 16.1 Å². The maximum Gasteiger partial charge on any atom is 0.305 e. The third kappa shape index (κ3) is 3.98. The van der Waals surface area contributed by atoms with Gasteiger partial charge in [-0.3, -0.25) is 4.79 Å². The fraction of sp³-hybridized carbons (Fsp3) is 0.200. The average Bonchev–Trinajstić information content (AvgIpc) is 2.17. The molecular formula is C10H11ClN2O2. The van der Waals surface area contributed by atoms with Crippen LogP contribution in [0.5, 0.6) is 0 Å². The van der Waals surface area contributed by atoms with Crippen LogP contribution in [0.15, 0.2) is 24.3 Å². The minimum atomic E-state index is -0.945. The van der Waals surface area contributed by atoms with Crippen LogP contribution >= 0.6 is 12.4 Å². The van der Waals surface area contributed by atoms with E-state index in [1.165, 1.54) is 0 Å². The SMILES string of the molecule is Cl.N#Cc1cccc([C@@H](N)CC(=O)O)c1. The first-order valence-electron chi connectivity index (χ1n) is 4.11. The number of halogens is 1. The molecule has 5 heteroatoms. The van der Waals surface area contributed by atoms with E-state index in [0.717, 1.165) is 0 Å². The topological polar surface area (TPSA) is 87.1 Å². The maximum absolute atomic E-state index is 10.4. The molecule has 80 valence electrons. The Morgan fingerprint density at radius 1 is 1.60 bits per heavy atom. The number of rotatable bonds is 3. The molecule has 0 aliphatic rings. The second kappa shape index (κ2) is 6.02. The maximum atomic E-state index is 10.4. The molecule has 0 saturated carbocycles. The zero-order valence-corrected chi connectivity index (χ0v) is 8.70. The van der Waals surface area contributed by atoms with E-state index in [2.05, 4.69) is 0 Å². The fourth-order valence-corrected chi connectivity index (χ4v) is 1.14. The van der Waals surface area contributed by atoms with Gasteiger partial charge in [-0.1, -0.05) is 12.1 Å². The van der Waals surface area contributed by atoms with E-state index < -0.39 is 12.0 Å². The normalized spacial score (nSPS) is 10.9. The Bertz CT molecular complexity index is 387. The number of hydrogen-bond acceptors (Lipinski definition) is 3. The van der Waals surface area contributed by atoms with Crippen LogP contribution in [0.2, 0.25) is 0 Å². The number of aliphatic carboxylic acids is 1. The first kappa shape index (κ1) is 13.4. The number of nitrogens with zero attached hydrogens (tertiary/aromatic N) is 1. The minimum absolute atomic E-state index is 0. The molecule has 1 aromatic carbocycles. The molecule has 4 nitrogen and oxygen atoms in total. The zero-order valence-electron chi connectivity index (χ0n) is 7.88. The highest BCUT2D eigenvalue weighted by Gasteiger charge is 2.10. The Hall–Kier alpha value is -1.57. The van der Waals surface area contributed by atoms with Crippen LogP contribution in [0, 0.1) is 11.3 Å². The molecule has 1 rings (SSSR count). The lowest BCUT2D eigenvalue weighted by atomic mass is 10.0. The number of nitrogens with two attached hydrogens (primary N) is 1. The summed E-state index contributed by atoms with van der Waals surface area (Å²) in [5.41, 5.74) is 6.79. The lowest BCUT2D eigenvalue weighted by Crippen LogP contribution is -2.14. The number of carboxylic acids is 1. The van der Waals surface area contributed by atoms with Gasteiger partial charge in [0.25, 0.3) is 0 Å². The molecular weight excluding hydrogens is 216 g/mol. The number of nitriles is 1. The van der Waals surface area contributed by atoms with E-state index in [9.17, 15) is 4.79 Å². The number of carbonyl (C=O) groups is 1. The van der Waals surface area contributed by atoms with E-state index >= 15 is 0 Å². The molecule has 15 heavy (non-hydrogen) atoms. The predicted molar refractivity (Wildman–Crippen MR) is 57.6 cm³/mol. The summed E-state index contributed by atoms with van der Waals surface area (Å²) in [6, 6.07) is 8.08. The molecule has 1 atom stereocenters. The van der Waals surface area contributed by atoms with Gasteiger partial charge in [0, 0.05) is 6.04 Å².